The third-order valence-electron chi connectivity index (χ3n) is 4.65. The topological polar surface area (TPSA) is 114 Å². The molecule has 6 radical (unpaired) electrons. The first kappa shape index (κ1) is 22.7. The first-order valence-corrected chi connectivity index (χ1v) is 10.2. The molecule has 1 atom stereocenters. The van der Waals surface area contributed by atoms with E-state index in [1.54, 1.807) is 12.1 Å². The second kappa shape index (κ2) is 7.92. The van der Waals surface area contributed by atoms with Crippen molar-refractivity contribution in [3.8, 4) is 11.5 Å². The second-order valence-corrected chi connectivity index (χ2v) is 8.41. The summed E-state index contributed by atoms with van der Waals surface area (Å²) in [4.78, 5) is 13.0. The van der Waals surface area contributed by atoms with E-state index in [1.807, 2.05) is 0 Å². The van der Waals surface area contributed by atoms with Gasteiger partial charge >= 0.3 is 10.1 Å². The fraction of sp³-hybridized carbons (Fsp3) is 0.211. The summed E-state index contributed by atoms with van der Waals surface area (Å²) >= 11 is 0. The van der Waals surface area contributed by atoms with Crippen molar-refractivity contribution in [1.29, 1.82) is 0 Å². The largest absolute Gasteiger partial charge is 0.497 e. The van der Waals surface area contributed by atoms with E-state index in [0.29, 0.717) is 11.5 Å². The van der Waals surface area contributed by atoms with Gasteiger partial charge in [-0.2, -0.15) is 8.42 Å². The first-order chi connectivity index (χ1) is 14.5. The summed E-state index contributed by atoms with van der Waals surface area (Å²) < 4.78 is 43.7. The van der Waals surface area contributed by atoms with Crippen LogP contribution < -0.4 is 15.2 Å². The standard InChI is InChI=1S/C19H16B3NO7S/c1-27-13-8-12(9-14(10-13)28-2)18(20)16(24)15(17(23)29-18)30-31(25,26)19(21,22)11-6-4-3-5-7-11/h3-10H,23H2,1-2H3/t18-/m1/s1. The Labute approximate surface area is 184 Å². The highest BCUT2D eigenvalue weighted by molar-refractivity contribution is 7.90. The average Bonchev–Trinajstić information content (AvgIpc) is 2.97. The van der Waals surface area contributed by atoms with Gasteiger partial charge in [-0.1, -0.05) is 30.3 Å². The highest BCUT2D eigenvalue weighted by atomic mass is 32.2. The molecule has 0 bridgehead atoms. The van der Waals surface area contributed by atoms with Crippen LogP contribution in [0, 0.1) is 0 Å². The molecular weight excluding hydrogens is 419 g/mol. The van der Waals surface area contributed by atoms with E-state index in [4.69, 9.17) is 47.7 Å². The third kappa shape index (κ3) is 3.87. The van der Waals surface area contributed by atoms with Crippen LogP contribution in [-0.4, -0.2) is 52.0 Å². The summed E-state index contributed by atoms with van der Waals surface area (Å²) in [5, 5.41) is 0. The van der Waals surface area contributed by atoms with E-state index in [9.17, 15) is 13.2 Å². The summed E-state index contributed by atoms with van der Waals surface area (Å²) in [7, 11) is 15.8. The molecule has 1 aliphatic heterocycles. The van der Waals surface area contributed by atoms with Crippen LogP contribution in [0.2, 0.25) is 0 Å². The fourth-order valence-electron chi connectivity index (χ4n) is 2.86. The lowest BCUT2D eigenvalue weighted by Crippen LogP contribution is -2.40. The number of benzene rings is 2. The van der Waals surface area contributed by atoms with Gasteiger partial charge in [-0.25, -0.2) is 0 Å². The van der Waals surface area contributed by atoms with Crippen LogP contribution in [-0.2, 0) is 33.9 Å². The molecule has 0 amide bonds. The van der Waals surface area contributed by atoms with Crippen molar-refractivity contribution in [1.82, 2.24) is 0 Å². The average molecular weight is 435 g/mol. The van der Waals surface area contributed by atoms with Crippen molar-refractivity contribution in [2.24, 2.45) is 5.73 Å². The zero-order valence-electron chi connectivity index (χ0n) is 16.7. The molecule has 12 heteroatoms. The molecule has 0 aliphatic carbocycles. The Morgan fingerprint density at radius 3 is 2.10 bits per heavy atom. The SMILES string of the molecule is [B]C([B])(c1ccccc1)S(=O)(=O)OC1=C(N)O[C@]([B])(c2cc(OC)cc(OC)c2)C1=O. The van der Waals surface area contributed by atoms with E-state index in [2.05, 4.69) is 0 Å². The lowest BCUT2D eigenvalue weighted by molar-refractivity contribution is -0.126. The lowest BCUT2D eigenvalue weighted by atomic mass is 9.65. The molecule has 0 spiro atoms. The molecule has 2 aromatic carbocycles. The number of hydrogen-bond donors (Lipinski definition) is 1. The minimum atomic E-state index is -4.81. The molecule has 2 N–H and O–H groups in total. The maximum atomic E-state index is 13.0. The molecule has 0 saturated heterocycles. The summed E-state index contributed by atoms with van der Waals surface area (Å²) in [6.07, 6.45) is 0. The van der Waals surface area contributed by atoms with Crippen molar-refractivity contribution in [3.63, 3.8) is 0 Å². The van der Waals surface area contributed by atoms with Gasteiger partial charge in [0.1, 0.15) is 19.3 Å². The van der Waals surface area contributed by atoms with E-state index in [-0.39, 0.29) is 11.1 Å². The summed E-state index contributed by atoms with van der Waals surface area (Å²) in [6.45, 7) is 0. The molecule has 154 valence electrons. The van der Waals surface area contributed by atoms with Crippen molar-refractivity contribution in [3.05, 3.63) is 71.3 Å². The number of ether oxygens (including phenoxy) is 3. The van der Waals surface area contributed by atoms with Crippen LogP contribution in [0.5, 0.6) is 11.5 Å². The van der Waals surface area contributed by atoms with E-state index < -0.39 is 37.6 Å². The van der Waals surface area contributed by atoms with Gasteiger partial charge in [0.05, 0.1) is 34.5 Å². The van der Waals surface area contributed by atoms with Gasteiger partial charge < -0.3 is 24.1 Å². The Hall–Kier alpha value is -3.01. The maximum Gasteiger partial charge on any atom is 0.302 e. The number of ketones is 1. The maximum absolute atomic E-state index is 13.0. The van der Waals surface area contributed by atoms with Crippen LogP contribution >= 0.6 is 0 Å². The zero-order chi connectivity index (χ0) is 23.0. The van der Waals surface area contributed by atoms with Crippen LogP contribution in [0.25, 0.3) is 0 Å². The highest BCUT2D eigenvalue weighted by Gasteiger charge is 2.50. The Kier molecular flexibility index (Phi) is 5.79. The minimum Gasteiger partial charge on any atom is -0.497 e. The summed E-state index contributed by atoms with van der Waals surface area (Å²) in [5.41, 5.74) is 3.65. The summed E-state index contributed by atoms with van der Waals surface area (Å²) in [5.74, 6) is -1.94. The van der Waals surface area contributed by atoms with Gasteiger partial charge in [0.15, 0.2) is 5.50 Å². The predicted molar refractivity (Wildman–Crippen MR) is 114 cm³/mol. The van der Waals surface area contributed by atoms with Gasteiger partial charge in [-0.05, 0) is 17.7 Å². The molecule has 1 heterocycles. The van der Waals surface area contributed by atoms with Crippen molar-refractivity contribution < 1.29 is 31.6 Å². The number of carbonyl (C=O) groups is 1. The molecule has 2 aromatic rings. The smallest absolute Gasteiger partial charge is 0.302 e. The molecule has 31 heavy (non-hydrogen) atoms. The molecule has 8 nitrogen and oxygen atoms in total. The number of carbonyl (C=O) groups excluding carboxylic acids is 1. The monoisotopic (exact) mass is 435 g/mol. The molecule has 0 fully saturated rings. The number of methoxy groups -OCH3 is 2. The Balaban J connectivity index is 1.96. The molecule has 0 unspecified atom stereocenters. The zero-order valence-corrected chi connectivity index (χ0v) is 17.5. The molecule has 3 rings (SSSR count). The van der Waals surface area contributed by atoms with Crippen molar-refractivity contribution in [2.75, 3.05) is 14.2 Å². The Bertz CT molecular complexity index is 1130. The van der Waals surface area contributed by atoms with Crippen LogP contribution in [0.15, 0.2) is 60.2 Å². The van der Waals surface area contributed by atoms with Gasteiger partial charge in [0, 0.05) is 11.6 Å². The minimum absolute atomic E-state index is 0.0251. The predicted octanol–water partition coefficient (Wildman–Crippen LogP) is 0.246. The highest BCUT2D eigenvalue weighted by Crippen LogP contribution is 2.40. The van der Waals surface area contributed by atoms with E-state index >= 15 is 0 Å². The number of hydrogen-bond acceptors (Lipinski definition) is 8. The normalized spacial score (nSPS) is 19.1. The van der Waals surface area contributed by atoms with E-state index in [1.165, 1.54) is 50.6 Å². The van der Waals surface area contributed by atoms with Crippen LogP contribution in [0.3, 0.4) is 0 Å². The summed E-state index contributed by atoms with van der Waals surface area (Å²) in [6, 6.07) is 11.9. The molecular formula is C19H16B3NO7S. The van der Waals surface area contributed by atoms with Crippen molar-refractivity contribution in [2.45, 2.75) is 10.0 Å². The number of rotatable bonds is 7. The second-order valence-electron chi connectivity index (χ2n) is 6.66. The van der Waals surface area contributed by atoms with Crippen LogP contribution in [0.1, 0.15) is 11.1 Å². The van der Waals surface area contributed by atoms with Crippen molar-refractivity contribution >= 4 is 39.4 Å². The molecule has 0 saturated carbocycles. The van der Waals surface area contributed by atoms with Gasteiger partial charge in [-0.3, -0.25) is 4.79 Å². The molecule has 1 aliphatic rings. The van der Waals surface area contributed by atoms with Gasteiger partial charge in [-0.15, -0.1) is 0 Å². The molecule has 0 aromatic heterocycles. The number of Topliss-reactive ketones (excluding diaryl/α,β-unsaturated/α-hetero) is 1. The quantitative estimate of drug-likeness (QED) is 0.487. The van der Waals surface area contributed by atoms with E-state index in [0.717, 1.165) is 0 Å². The Morgan fingerprint density at radius 1 is 1.03 bits per heavy atom. The number of nitrogens with two attached hydrogens (primary N) is 1. The van der Waals surface area contributed by atoms with Gasteiger partial charge in [0.25, 0.3) is 0 Å². The van der Waals surface area contributed by atoms with Gasteiger partial charge in [0.2, 0.25) is 17.4 Å². The lowest BCUT2D eigenvalue weighted by Gasteiger charge is -2.26. The Morgan fingerprint density at radius 2 is 1.58 bits per heavy atom. The first-order valence-electron chi connectivity index (χ1n) is 8.79. The third-order valence-corrected chi connectivity index (χ3v) is 6.10. The fourth-order valence-corrected chi connectivity index (χ4v) is 3.80. The van der Waals surface area contributed by atoms with Crippen LogP contribution in [0.4, 0.5) is 0 Å².